The average molecular weight is 420 g/mol. The Morgan fingerprint density at radius 2 is 1.86 bits per heavy atom. The van der Waals surface area contributed by atoms with E-state index in [0.29, 0.717) is 16.3 Å². The number of aromatic amines is 1. The van der Waals surface area contributed by atoms with Gasteiger partial charge in [-0.3, -0.25) is 0 Å². The van der Waals surface area contributed by atoms with Gasteiger partial charge >= 0.3 is 0 Å². The van der Waals surface area contributed by atoms with E-state index in [9.17, 15) is 8.42 Å². The number of rotatable bonds is 4. The number of nitrogens with one attached hydrogen (secondary N) is 2. The Labute approximate surface area is 169 Å². The third-order valence-electron chi connectivity index (χ3n) is 5.16. The van der Waals surface area contributed by atoms with Crippen molar-refractivity contribution in [3.05, 3.63) is 47.0 Å². The van der Waals surface area contributed by atoms with Gasteiger partial charge in [0, 0.05) is 42.1 Å². The molecular weight excluding hydrogens is 398 g/mol. The smallest absolute Gasteiger partial charge is 0.222 e. The summed E-state index contributed by atoms with van der Waals surface area (Å²) in [5, 5.41) is 4.88. The summed E-state index contributed by atoms with van der Waals surface area (Å²) in [6.45, 7) is 5.08. The number of hydrogen-bond donors (Lipinski definition) is 2. The van der Waals surface area contributed by atoms with Gasteiger partial charge in [-0.15, -0.1) is 0 Å². The fourth-order valence-electron chi connectivity index (χ4n) is 3.65. The first kappa shape index (κ1) is 19.1. The van der Waals surface area contributed by atoms with Crippen molar-refractivity contribution in [1.29, 1.82) is 0 Å². The minimum absolute atomic E-state index is 0.196. The summed E-state index contributed by atoms with van der Waals surface area (Å²) in [6.07, 6.45) is 0. The topological polar surface area (TPSA) is 74.4 Å². The molecule has 0 unspecified atom stereocenters. The molecule has 148 valence electrons. The molecule has 1 aromatic heterocycles. The maximum Gasteiger partial charge on any atom is 0.222 e. The third-order valence-corrected chi connectivity index (χ3v) is 7.22. The zero-order chi connectivity index (χ0) is 19.9. The Kier molecular flexibility index (Phi) is 4.99. The molecule has 0 saturated carbocycles. The molecule has 6 nitrogen and oxygen atoms in total. The normalized spacial score (nSPS) is 15.2. The molecule has 3 aromatic rings. The second-order valence-electron chi connectivity index (χ2n) is 6.84. The fraction of sp³-hybridized carbons (Fsp3) is 0.300. The molecule has 4 rings (SSSR count). The molecular formula is C20H22ClN3O3S. The van der Waals surface area contributed by atoms with E-state index in [1.807, 2.05) is 0 Å². The van der Waals surface area contributed by atoms with Crippen LogP contribution in [0.15, 0.2) is 46.3 Å². The van der Waals surface area contributed by atoms with Gasteiger partial charge in [0.2, 0.25) is 9.84 Å². The summed E-state index contributed by atoms with van der Waals surface area (Å²) >= 11 is 6.08. The lowest BCUT2D eigenvalue weighted by Crippen LogP contribution is -2.43. The molecule has 1 fully saturated rings. The van der Waals surface area contributed by atoms with Gasteiger partial charge in [0.1, 0.15) is 10.8 Å². The number of benzene rings is 2. The highest BCUT2D eigenvalue weighted by Crippen LogP contribution is 2.35. The number of halogens is 1. The lowest BCUT2D eigenvalue weighted by molar-refractivity contribution is 0.412. The molecule has 0 bridgehead atoms. The second kappa shape index (κ2) is 7.31. The van der Waals surface area contributed by atoms with Crippen molar-refractivity contribution < 1.29 is 13.2 Å². The molecule has 0 aliphatic carbocycles. The molecule has 0 atom stereocenters. The summed E-state index contributed by atoms with van der Waals surface area (Å²) in [6, 6.07) is 10.3. The van der Waals surface area contributed by atoms with E-state index in [2.05, 4.69) is 15.2 Å². The first-order chi connectivity index (χ1) is 13.4. The number of methoxy groups -OCH3 is 1. The summed E-state index contributed by atoms with van der Waals surface area (Å²) in [5.41, 5.74) is 2.20. The van der Waals surface area contributed by atoms with E-state index >= 15 is 0 Å². The van der Waals surface area contributed by atoms with Crippen molar-refractivity contribution in [3.63, 3.8) is 0 Å². The van der Waals surface area contributed by atoms with Crippen LogP contribution >= 0.6 is 11.6 Å². The van der Waals surface area contributed by atoms with Crippen LogP contribution in [0.1, 0.15) is 5.56 Å². The molecule has 2 N–H and O–H groups in total. The average Bonchev–Trinajstić information content (AvgIpc) is 3.05. The van der Waals surface area contributed by atoms with E-state index in [4.69, 9.17) is 16.3 Å². The van der Waals surface area contributed by atoms with Crippen molar-refractivity contribution in [2.24, 2.45) is 0 Å². The monoisotopic (exact) mass is 419 g/mol. The fourth-order valence-corrected chi connectivity index (χ4v) is 5.33. The minimum Gasteiger partial charge on any atom is -0.495 e. The zero-order valence-corrected chi connectivity index (χ0v) is 17.3. The first-order valence-corrected chi connectivity index (χ1v) is 10.9. The van der Waals surface area contributed by atoms with Crippen LogP contribution in [0.2, 0.25) is 5.02 Å². The maximum absolute atomic E-state index is 13.4. The number of piperazine rings is 1. The number of anilines is 1. The number of H-pyrrole nitrogens is 1. The summed E-state index contributed by atoms with van der Waals surface area (Å²) in [5.74, 6) is 0.668. The Balaban J connectivity index is 1.82. The third kappa shape index (κ3) is 3.23. The van der Waals surface area contributed by atoms with Gasteiger partial charge in [-0.05, 0) is 48.9 Å². The van der Waals surface area contributed by atoms with E-state index in [1.54, 1.807) is 50.4 Å². The van der Waals surface area contributed by atoms with Gasteiger partial charge in [0.05, 0.1) is 17.7 Å². The lowest BCUT2D eigenvalue weighted by Gasteiger charge is -2.30. The standard InChI is InChI=1S/C20H22ClN3O3S/c1-13-16-11-14(21)3-5-17(16)23-20(13)28(25,26)15-4-6-19(27-2)18(12-15)24-9-7-22-8-10-24/h3-6,11-12,22-23H,7-10H2,1-2H3. The van der Waals surface area contributed by atoms with Crippen molar-refractivity contribution in [3.8, 4) is 5.75 Å². The molecule has 0 spiro atoms. The minimum atomic E-state index is -3.73. The second-order valence-corrected chi connectivity index (χ2v) is 9.17. The van der Waals surface area contributed by atoms with Gasteiger partial charge in [0.15, 0.2) is 0 Å². The maximum atomic E-state index is 13.4. The molecule has 2 heterocycles. The molecule has 1 aliphatic rings. The lowest BCUT2D eigenvalue weighted by atomic mass is 10.2. The van der Waals surface area contributed by atoms with Crippen molar-refractivity contribution in [2.75, 3.05) is 38.2 Å². The van der Waals surface area contributed by atoms with Gasteiger partial charge < -0.3 is 19.9 Å². The van der Waals surface area contributed by atoms with E-state index in [1.165, 1.54) is 0 Å². The molecule has 2 aromatic carbocycles. The molecule has 8 heteroatoms. The number of hydrogen-bond acceptors (Lipinski definition) is 5. The molecule has 0 radical (unpaired) electrons. The Hall–Kier alpha value is -2.22. The van der Waals surface area contributed by atoms with E-state index < -0.39 is 9.84 Å². The van der Waals surface area contributed by atoms with Gasteiger partial charge in [-0.1, -0.05) is 11.6 Å². The Morgan fingerprint density at radius 3 is 2.57 bits per heavy atom. The van der Waals surface area contributed by atoms with Crippen LogP contribution in [0.4, 0.5) is 5.69 Å². The van der Waals surface area contributed by atoms with Crippen LogP contribution in [0.25, 0.3) is 10.9 Å². The highest BCUT2D eigenvalue weighted by molar-refractivity contribution is 7.91. The number of sulfone groups is 1. The Bertz CT molecular complexity index is 1140. The summed E-state index contributed by atoms with van der Waals surface area (Å²) in [7, 11) is -2.13. The van der Waals surface area contributed by atoms with Crippen LogP contribution in [0.3, 0.4) is 0 Å². The van der Waals surface area contributed by atoms with Crippen LogP contribution < -0.4 is 15.0 Å². The van der Waals surface area contributed by atoms with Gasteiger partial charge in [-0.25, -0.2) is 8.42 Å². The molecule has 1 aliphatic heterocycles. The highest BCUT2D eigenvalue weighted by Gasteiger charge is 2.26. The predicted molar refractivity (Wildman–Crippen MR) is 112 cm³/mol. The van der Waals surface area contributed by atoms with Crippen molar-refractivity contribution >= 4 is 38.0 Å². The molecule has 0 amide bonds. The largest absolute Gasteiger partial charge is 0.495 e. The predicted octanol–water partition coefficient (Wildman–Crippen LogP) is 3.38. The summed E-state index contributed by atoms with van der Waals surface area (Å²) < 4.78 is 32.3. The van der Waals surface area contributed by atoms with E-state index in [0.717, 1.165) is 42.8 Å². The van der Waals surface area contributed by atoms with Gasteiger partial charge in [0.25, 0.3) is 0 Å². The highest BCUT2D eigenvalue weighted by atomic mass is 35.5. The number of aromatic nitrogens is 1. The SMILES string of the molecule is COc1ccc(S(=O)(=O)c2[nH]c3ccc(Cl)cc3c2C)cc1N1CCNCC1. The molecule has 1 saturated heterocycles. The van der Waals surface area contributed by atoms with Crippen LogP contribution in [0.5, 0.6) is 5.75 Å². The van der Waals surface area contributed by atoms with Crippen LogP contribution in [-0.2, 0) is 9.84 Å². The summed E-state index contributed by atoms with van der Waals surface area (Å²) in [4.78, 5) is 5.44. The zero-order valence-electron chi connectivity index (χ0n) is 15.8. The van der Waals surface area contributed by atoms with Crippen LogP contribution in [0, 0.1) is 6.92 Å². The quantitative estimate of drug-likeness (QED) is 0.678. The molecule has 28 heavy (non-hydrogen) atoms. The number of nitrogens with zero attached hydrogens (tertiary/aromatic N) is 1. The van der Waals surface area contributed by atoms with Crippen LogP contribution in [-0.4, -0.2) is 46.7 Å². The van der Waals surface area contributed by atoms with Crippen molar-refractivity contribution in [1.82, 2.24) is 10.3 Å². The number of aryl methyl sites for hydroxylation is 1. The number of ether oxygens (including phenoxy) is 1. The number of fused-ring (bicyclic) bond motifs is 1. The van der Waals surface area contributed by atoms with E-state index in [-0.39, 0.29) is 9.92 Å². The van der Waals surface area contributed by atoms with Gasteiger partial charge in [-0.2, -0.15) is 0 Å². The van der Waals surface area contributed by atoms with Crippen molar-refractivity contribution in [2.45, 2.75) is 16.8 Å². The Morgan fingerprint density at radius 1 is 1.11 bits per heavy atom. The first-order valence-electron chi connectivity index (χ1n) is 9.08.